The molecule has 0 spiro atoms. The van der Waals surface area contributed by atoms with Crippen molar-refractivity contribution in [2.45, 2.75) is 0 Å². The Balaban J connectivity index is 1.92. The summed E-state index contributed by atoms with van der Waals surface area (Å²) in [6, 6.07) is 13.2. The van der Waals surface area contributed by atoms with Crippen LogP contribution in [0.5, 0.6) is 0 Å². The largest absolute Gasteiger partial charge is 0.465 e. The molecule has 20 heavy (non-hydrogen) atoms. The number of aromatic nitrogens is 1. The van der Waals surface area contributed by atoms with Crippen molar-refractivity contribution in [1.82, 2.24) is 15.6 Å². The summed E-state index contributed by atoms with van der Waals surface area (Å²) in [6.07, 6.45) is -1.11. The van der Waals surface area contributed by atoms with Gasteiger partial charge in [0.15, 0.2) is 0 Å². The summed E-state index contributed by atoms with van der Waals surface area (Å²) in [5.74, 6) is -0.264. The van der Waals surface area contributed by atoms with Crippen molar-refractivity contribution in [3.05, 3.63) is 48.2 Å². The number of benzene rings is 1. The predicted octanol–water partition coefficient (Wildman–Crippen LogP) is 1.68. The summed E-state index contributed by atoms with van der Waals surface area (Å²) in [6.45, 7) is 0.415. The summed E-state index contributed by atoms with van der Waals surface area (Å²) >= 11 is 0. The van der Waals surface area contributed by atoms with E-state index in [1.54, 1.807) is 6.07 Å². The second kappa shape index (κ2) is 6.42. The SMILES string of the molecule is O=C(O)NCCNC(=O)c1ccc(-c2ccccc2)[nH]1. The Morgan fingerprint density at radius 2 is 1.70 bits per heavy atom. The topological polar surface area (TPSA) is 94.2 Å². The third-order valence-electron chi connectivity index (χ3n) is 2.70. The van der Waals surface area contributed by atoms with Gasteiger partial charge in [0.1, 0.15) is 5.69 Å². The minimum atomic E-state index is -1.11. The highest BCUT2D eigenvalue weighted by Crippen LogP contribution is 2.17. The molecule has 0 aliphatic carbocycles. The van der Waals surface area contributed by atoms with Gasteiger partial charge in [-0.15, -0.1) is 0 Å². The standard InChI is InChI=1S/C14H15N3O3/c18-13(15-8-9-16-14(19)20)12-7-6-11(17-12)10-4-2-1-3-5-10/h1-7,16-17H,8-9H2,(H,15,18)(H,19,20). The van der Waals surface area contributed by atoms with Crippen molar-refractivity contribution in [3.63, 3.8) is 0 Å². The van der Waals surface area contributed by atoms with E-state index >= 15 is 0 Å². The van der Waals surface area contributed by atoms with E-state index in [2.05, 4.69) is 15.6 Å². The zero-order chi connectivity index (χ0) is 14.4. The van der Waals surface area contributed by atoms with Gasteiger partial charge in [-0.1, -0.05) is 30.3 Å². The van der Waals surface area contributed by atoms with Crippen LogP contribution in [0, 0.1) is 0 Å². The summed E-state index contributed by atoms with van der Waals surface area (Å²) in [5, 5.41) is 13.2. The number of aromatic amines is 1. The Kier molecular flexibility index (Phi) is 4.39. The Bertz CT molecular complexity index is 593. The van der Waals surface area contributed by atoms with Gasteiger partial charge in [0, 0.05) is 18.8 Å². The molecule has 1 aromatic heterocycles. The molecule has 6 heteroatoms. The molecule has 0 bridgehead atoms. The maximum absolute atomic E-state index is 11.8. The fraction of sp³-hybridized carbons (Fsp3) is 0.143. The third-order valence-corrected chi connectivity index (χ3v) is 2.70. The van der Waals surface area contributed by atoms with Crippen LogP contribution in [0.1, 0.15) is 10.5 Å². The number of amides is 2. The summed E-state index contributed by atoms with van der Waals surface area (Å²) in [7, 11) is 0. The molecule has 0 fully saturated rings. The van der Waals surface area contributed by atoms with E-state index < -0.39 is 6.09 Å². The molecule has 6 nitrogen and oxygen atoms in total. The zero-order valence-electron chi connectivity index (χ0n) is 10.7. The van der Waals surface area contributed by atoms with E-state index in [0.29, 0.717) is 5.69 Å². The van der Waals surface area contributed by atoms with E-state index in [0.717, 1.165) is 11.3 Å². The fourth-order valence-corrected chi connectivity index (χ4v) is 1.75. The lowest BCUT2D eigenvalue weighted by atomic mass is 10.2. The molecule has 104 valence electrons. The zero-order valence-corrected chi connectivity index (χ0v) is 10.7. The third kappa shape index (κ3) is 3.61. The van der Waals surface area contributed by atoms with Gasteiger partial charge in [-0.3, -0.25) is 4.79 Å². The molecular weight excluding hydrogens is 258 g/mol. The first-order chi connectivity index (χ1) is 9.66. The number of hydrogen-bond donors (Lipinski definition) is 4. The van der Waals surface area contributed by atoms with Gasteiger partial charge < -0.3 is 20.7 Å². The molecule has 4 N–H and O–H groups in total. The van der Waals surface area contributed by atoms with Crippen LogP contribution >= 0.6 is 0 Å². The summed E-state index contributed by atoms with van der Waals surface area (Å²) in [4.78, 5) is 25.1. The highest BCUT2D eigenvalue weighted by atomic mass is 16.4. The second-order valence-electron chi connectivity index (χ2n) is 4.14. The van der Waals surface area contributed by atoms with Gasteiger partial charge >= 0.3 is 6.09 Å². The molecule has 1 aromatic carbocycles. The van der Waals surface area contributed by atoms with E-state index in [9.17, 15) is 9.59 Å². The van der Waals surface area contributed by atoms with Crippen LogP contribution < -0.4 is 10.6 Å². The van der Waals surface area contributed by atoms with Crippen LogP contribution in [0.4, 0.5) is 4.79 Å². The number of hydrogen-bond acceptors (Lipinski definition) is 2. The van der Waals surface area contributed by atoms with Crippen molar-refractivity contribution in [2.24, 2.45) is 0 Å². The summed E-state index contributed by atoms with van der Waals surface area (Å²) in [5.41, 5.74) is 2.30. The number of rotatable bonds is 5. The number of nitrogens with one attached hydrogen (secondary N) is 3. The van der Waals surface area contributed by atoms with Gasteiger partial charge in [0.2, 0.25) is 0 Å². The summed E-state index contributed by atoms with van der Waals surface area (Å²) < 4.78 is 0. The van der Waals surface area contributed by atoms with E-state index in [4.69, 9.17) is 5.11 Å². The molecule has 0 aliphatic rings. The number of carbonyl (C=O) groups is 2. The van der Waals surface area contributed by atoms with E-state index in [-0.39, 0.29) is 19.0 Å². The average molecular weight is 273 g/mol. The minimum Gasteiger partial charge on any atom is -0.465 e. The number of carbonyl (C=O) groups excluding carboxylic acids is 1. The highest BCUT2D eigenvalue weighted by molar-refractivity contribution is 5.93. The highest BCUT2D eigenvalue weighted by Gasteiger charge is 2.08. The normalized spacial score (nSPS) is 10.0. The Morgan fingerprint density at radius 3 is 2.40 bits per heavy atom. The Labute approximate surface area is 115 Å². The van der Waals surface area contributed by atoms with E-state index in [1.807, 2.05) is 36.4 Å². The first-order valence-corrected chi connectivity index (χ1v) is 6.16. The monoisotopic (exact) mass is 273 g/mol. The van der Waals surface area contributed by atoms with Crippen molar-refractivity contribution in [3.8, 4) is 11.3 Å². The maximum atomic E-state index is 11.8. The van der Waals surface area contributed by atoms with Gasteiger partial charge in [-0.05, 0) is 17.7 Å². The fourth-order valence-electron chi connectivity index (χ4n) is 1.75. The van der Waals surface area contributed by atoms with Gasteiger partial charge in [0.25, 0.3) is 5.91 Å². The average Bonchev–Trinajstić information content (AvgIpc) is 2.94. The minimum absolute atomic E-state index is 0.174. The van der Waals surface area contributed by atoms with Crippen molar-refractivity contribution < 1.29 is 14.7 Å². The van der Waals surface area contributed by atoms with Crippen molar-refractivity contribution in [1.29, 1.82) is 0 Å². The molecule has 0 saturated carbocycles. The van der Waals surface area contributed by atoms with E-state index in [1.165, 1.54) is 0 Å². The second-order valence-corrected chi connectivity index (χ2v) is 4.14. The molecule has 1 heterocycles. The van der Waals surface area contributed by atoms with Crippen LogP contribution in [0.15, 0.2) is 42.5 Å². The molecule has 2 aromatic rings. The molecule has 2 rings (SSSR count). The van der Waals surface area contributed by atoms with Gasteiger partial charge in [-0.25, -0.2) is 4.79 Å². The Morgan fingerprint density at radius 1 is 1.00 bits per heavy atom. The molecular formula is C14H15N3O3. The van der Waals surface area contributed by atoms with Gasteiger partial charge in [0.05, 0.1) is 0 Å². The lowest BCUT2D eigenvalue weighted by molar-refractivity contribution is 0.0949. The molecule has 2 amide bonds. The van der Waals surface area contributed by atoms with Crippen LogP contribution in [-0.2, 0) is 0 Å². The first kappa shape index (κ1) is 13.7. The molecule has 0 unspecified atom stereocenters. The molecule has 0 radical (unpaired) electrons. The van der Waals surface area contributed by atoms with Crippen LogP contribution in [-0.4, -0.2) is 35.2 Å². The van der Waals surface area contributed by atoms with Crippen LogP contribution in [0.25, 0.3) is 11.3 Å². The van der Waals surface area contributed by atoms with Gasteiger partial charge in [-0.2, -0.15) is 0 Å². The predicted molar refractivity (Wildman–Crippen MR) is 74.6 cm³/mol. The number of carboxylic acid groups (broad SMARTS) is 1. The lowest BCUT2D eigenvalue weighted by Gasteiger charge is -2.03. The van der Waals surface area contributed by atoms with Crippen LogP contribution in [0.3, 0.4) is 0 Å². The quantitative estimate of drug-likeness (QED) is 0.624. The lowest BCUT2D eigenvalue weighted by Crippen LogP contribution is -2.34. The van der Waals surface area contributed by atoms with Crippen LogP contribution in [0.2, 0.25) is 0 Å². The first-order valence-electron chi connectivity index (χ1n) is 6.16. The molecule has 0 aliphatic heterocycles. The van der Waals surface area contributed by atoms with Crippen molar-refractivity contribution >= 4 is 12.0 Å². The number of H-pyrrole nitrogens is 1. The molecule has 0 atom stereocenters. The molecule has 0 saturated heterocycles. The smallest absolute Gasteiger partial charge is 0.404 e. The maximum Gasteiger partial charge on any atom is 0.404 e. The Hall–Kier alpha value is -2.76. The van der Waals surface area contributed by atoms with Crippen molar-refractivity contribution in [2.75, 3.05) is 13.1 Å².